The summed E-state index contributed by atoms with van der Waals surface area (Å²) in [5, 5.41) is 5.93. The van der Waals surface area contributed by atoms with Gasteiger partial charge in [0, 0.05) is 6.54 Å². The molecule has 1 aliphatic rings. The SMILES string of the molecule is CCC1(C(=O)Nc2cccc(C)c2F)CCNC1. The van der Waals surface area contributed by atoms with Crippen molar-refractivity contribution in [3.05, 3.63) is 29.6 Å². The Morgan fingerprint density at radius 3 is 2.94 bits per heavy atom. The molecule has 1 atom stereocenters. The van der Waals surface area contributed by atoms with Gasteiger partial charge in [-0.1, -0.05) is 19.1 Å². The Bertz CT molecular complexity index is 453. The van der Waals surface area contributed by atoms with Gasteiger partial charge in [0.2, 0.25) is 5.91 Å². The summed E-state index contributed by atoms with van der Waals surface area (Å²) < 4.78 is 13.8. The molecule has 18 heavy (non-hydrogen) atoms. The predicted molar refractivity (Wildman–Crippen MR) is 70.0 cm³/mol. The molecule has 0 spiro atoms. The first-order valence-corrected chi connectivity index (χ1v) is 6.36. The molecule has 0 aliphatic carbocycles. The molecular weight excluding hydrogens is 231 g/mol. The molecule has 2 rings (SSSR count). The zero-order valence-corrected chi connectivity index (χ0v) is 10.8. The molecule has 1 aromatic carbocycles. The molecule has 1 saturated heterocycles. The first kappa shape index (κ1) is 13.0. The summed E-state index contributed by atoms with van der Waals surface area (Å²) in [5.74, 6) is -0.428. The number of benzene rings is 1. The van der Waals surface area contributed by atoms with Gasteiger partial charge in [-0.15, -0.1) is 0 Å². The molecule has 1 fully saturated rings. The molecule has 1 heterocycles. The minimum absolute atomic E-state index is 0.0838. The highest BCUT2D eigenvalue weighted by atomic mass is 19.1. The van der Waals surface area contributed by atoms with Gasteiger partial charge in [0.05, 0.1) is 11.1 Å². The number of carbonyl (C=O) groups is 1. The maximum Gasteiger partial charge on any atom is 0.231 e. The first-order valence-electron chi connectivity index (χ1n) is 6.36. The minimum atomic E-state index is -0.393. The smallest absolute Gasteiger partial charge is 0.231 e. The van der Waals surface area contributed by atoms with Crippen molar-refractivity contribution < 1.29 is 9.18 Å². The van der Waals surface area contributed by atoms with Crippen molar-refractivity contribution in [3.63, 3.8) is 0 Å². The number of carbonyl (C=O) groups excluding carboxylic acids is 1. The van der Waals surface area contributed by atoms with Crippen LogP contribution in [0.1, 0.15) is 25.3 Å². The van der Waals surface area contributed by atoms with E-state index in [2.05, 4.69) is 10.6 Å². The zero-order valence-electron chi connectivity index (χ0n) is 10.8. The monoisotopic (exact) mass is 250 g/mol. The summed E-state index contributed by atoms with van der Waals surface area (Å²) in [6.45, 7) is 5.21. The first-order chi connectivity index (χ1) is 8.59. The highest BCUT2D eigenvalue weighted by Crippen LogP contribution is 2.31. The molecule has 0 saturated carbocycles. The van der Waals surface area contributed by atoms with Gasteiger partial charge in [-0.05, 0) is 37.9 Å². The van der Waals surface area contributed by atoms with Gasteiger partial charge < -0.3 is 10.6 Å². The zero-order chi connectivity index (χ0) is 13.2. The third-order valence-electron chi connectivity index (χ3n) is 3.84. The fourth-order valence-electron chi connectivity index (χ4n) is 2.40. The molecule has 0 aromatic heterocycles. The van der Waals surface area contributed by atoms with Crippen LogP contribution in [0.4, 0.5) is 10.1 Å². The quantitative estimate of drug-likeness (QED) is 0.865. The average Bonchev–Trinajstić information content (AvgIpc) is 2.85. The summed E-state index contributed by atoms with van der Waals surface area (Å²) in [6.07, 6.45) is 1.57. The maximum atomic E-state index is 13.8. The molecule has 1 aromatic rings. The fraction of sp³-hybridized carbons (Fsp3) is 0.500. The van der Waals surface area contributed by atoms with E-state index in [1.165, 1.54) is 0 Å². The van der Waals surface area contributed by atoms with Crippen molar-refractivity contribution >= 4 is 11.6 Å². The Morgan fingerprint density at radius 1 is 1.56 bits per heavy atom. The van der Waals surface area contributed by atoms with E-state index in [0.717, 1.165) is 19.4 Å². The summed E-state index contributed by atoms with van der Waals surface area (Å²) >= 11 is 0. The molecule has 1 amide bonds. The van der Waals surface area contributed by atoms with Gasteiger partial charge in [-0.25, -0.2) is 4.39 Å². The number of hydrogen-bond acceptors (Lipinski definition) is 2. The molecule has 0 radical (unpaired) electrons. The van der Waals surface area contributed by atoms with Crippen LogP contribution >= 0.6 is 0 Å². The van der Waals surface area contributed by atoms with E-state index in [-0.39, 0.29) is 17.4 Å². The number of rotatable bonds is 3. The van der Waals surface area contributed by atoms with Crippen LogP contribution in [0, 0.1) is 18.2 Å². The molecule has 1 unspecified atom stereocenters. The maximum absolute atomic E-state index is 13.8. The fourth-order valence-corrected chi connectivity index (χ4v) is 2.40. The second-order valence-electron chi connectivity index (χ2n) is 4.95. The van der Waals surface area contributed by atoms with Crippen molar-refractivity contribution in [2.24, 2.45) is 5.41 Å². The number of halogens is 1. The van der Waals surface area contributed by atoms with E-state index >= 15 is 0 Å². The summed E-state index contributed by atoms with van der Waals surface area (Å²) in [7, 11) is 0. The molecule has 98 valence electrons. The number of hydrogen-bond donors (Lipinski definition) is 2. The number of nitrogens with one attached hydrogen (secondary N) is 2. The van der Waals surface area contributed by atoms with Gasteiger partial charge in [-0.3, -0.25) is 4.79 Å². The van der Waals surface area contributed by atoms with Crippen LogP contribution in [0.25, 0.3) is 0 Å². The highest BCUT2D eigenvalue weighted by Gasteiger charge is 2.39. The molecule has 2 N–H and O–H groups in total. The minimum Gasteiger partial charge on any atom is -0.323 e. The lowest BCUT2D eigenvalue weighted by molar-refractivity contribution is -0.124. The Labute approximate surface area is 107 Å². The van der Waals surface area contributed by atoms with Crippen LogP contribution in [-0.4, -0.2) is 19.0 Å². The molecule has 0 bridgehead atoms. The third-order valence-corrected chi connectivity index (χ3v) is 3.84. The second kappa shape index (κ2) is 5.06. The van der Waals surface area contributed by atoms with Gasteiger partial charge in [-0.2, -0.15) is 0 Å². The van der Waals surface area contributed by atoms with Crippen LogP contribution in [0.2, 0.25) is 0 Å². The Kier molecular flexibility index (Phi) is 3.66. The standard InChI is InChI=1S/C14H19FN2O/c1-3-14(7-8-16-9-14)13(18)17-11-6-4-5-10(2)12(11)15/h4-6,16H,3,7-9H2,1-2H3,(H,17,18). The van der Waals surface area contributed by atoms with E-state index in [9.17, 15) is 9.18 Å². The Balaban J connectivity index is 2.18. The Morgan fingerprint density at radius 2 is 2.33 bits per heavy atom. The van der Waals surface area contributed by atoms with Crippen molar-refractivity contribution in [1.29, 1.82) is 0 Å². The highest BCUT2D eigenvalue weighted by molar-refractivity contribution is 5.95. The third kappa shape index (κ3) is 2.25. The van der Waals surface area contributed by atoms with Crippen molar-refractivity contribution in [2.45, 2.75) is 26.7 Å². The second-order valence-corrected chi connectivity index (χ2v) is 4.95. The lowest BCUT2D eigenvalue weighted by Gasteiger charge is -2.25. The van der Waals surface area contributed by atoms with Crippen LogP contribution < -0.4 is 10.6 Å². The number of aryl methyl sites for hydroxylation is 1. The summed E-state index contributed by atoms with van der Waals surface area (Å²) in [6, 6.07) is 5.04. The predicted octanol–water partition coefficient (Wildman–Crippen LogP) is 2.46. The normalized spacial score (nSPS) is 23.1. The van der Waals surface area contributed by atoms with E-state index in [1.54, 1.807) is 25.1 Å². The van der Waals surface area contributed by atoms with Gasteiger partial charge >= 0.3 is 0 Å². The van der Waals surface area contributed by atoms with Crippen molar-refractivity contribution in [1.82, 2.24) is 5.32 Å². The summed E-state index contributed by atoms with van der Waals surface area (Å²) in [5.41, 5.74) is 0.429. The van der Waals surface area contributed by atoms with Crippen molar-refractivity contribution in [2.75, 3.05) is 18.4 Å². The van der Waals surface area contributed by atoms with Gasteiger partial charge in [0.15, 0.2) is 0 Å². The van der Waals surface area contributed by atoms with Crippen molar-refractivity contribution in [3.8, 4) is 0 Å². The number of amides is 1. The van der Waals surface area contributed by atoms with Gasteiger partial charge in [0.25, 0.3) is 0 Å². The number of anilines is 1. The summed E-state index contributed by atoms with van der Waals surface area (Å²) in [4.78, 5) is 12.3. The lowest BCUT2D eigenvalue weighted by Crippen LogP contribution is -2.37. The van der Waals surface area contributed by atoms with E-state index in [1.807, 2.05) is 6.92 Å². The van der Waals surface area contributed by atoms with E-state index < -0.39 is 5.41 Å². The Hall–Kier alpha value is -1.42. The van der Waals surface area contributed by atoms with E-state index in [4.69, 9.17) is 0 Å². The topological polar surface area (TPSA) is 41.1 Å². The van der Waals surface area contributed by atoms with Crippen LogP contribution in [0.5, 0.6) is 0 Å². The van der Waals surface area contributed by atoms with Gasteiger partial charge in [0.1, 0.15) is 5.82 Å². The largest absolute Gasteiger partial charge is 0.323 e. The van der Waals surface area contributed by atoms with Crippen LogP contribution in [-0.2, 0) is 4.79 Å². The average molecular weight is 250 g/mol. The lowest BCUT2D eigenvalue weighted by atomic mass is 9.83. The van der Waals surface area contributed by atoms with Crippen LogP contribution in [0.15, 0.2) is 18.2 Å². The molecule has 3 nitrogen and oxygen atoms in total. The van der Waals surface area contributed by atoms with E-state index in [0.29, 0.717) is 12.1 Å². The molecular formula is C14H19FN2O. The van der Waals surface area contributed by atoms with Crippen LogP contribution in [0.3, 0.4) is 0 Å². The molecule has 4 heteroatoms. The molecule has 1 aliphatic heterocycles.